The number of rotatable bonds is 5. The lowest BCUT2D eigenvalue weighted by atomic mass is 9.95. The van der Waals surface area contributed by atoms with Crippen molar-refractivity contribution in [2.24, 2.45) is 5.92 Å². The molecular formula is C23H34N4O4. The van der Waals surface area contributed by atoms with Gasteiger partial charge >= 0.3 is 6.03 Å². The first-order valence-corrected chi connectivity index (χ1v) is 11.5. The molecule has 0 atom stereocenters. The first-order chi connectivity index (χ1) is 15.1. The molecule has 3 heterocycles. The molecule has 2 saturated heterocycles. The fourth-order valence-electron chi connectivity index (χ4n) is 4.69. The molecule has 8 heteroatoms. The van der Waals surface area contributed by atoms with E-state index >= 15 is 0 Å². The average molecular weight is 431 g/mol. The summed E-state index contributed by atoms with van der Waals surface area (Å²) in [5.41, 5.74) is 1.20. The fraction of sp³-hybridized carbons (Fsp3) is 0.652. The lowest BCUT2D eigenvalue weighted by molar-refractivity contribution is -0.138. The Hall–Kier alpha value is -2.48. The van der Waals surface area contributed by atoms with Gasteiger partial charge in [0.25, 0.3) is 0 Å². The molecular weight excluding hydrogens is 396 g/mol. The number of piperidine rings is 1. The highest BCUT2D eigenvalue weighted by Crippen LogP contribution is 2.33. The Bertz CT molecular complexity index is 782. The van der Waals surface area contributed by atoms with Gasteiger partial charge in [0.2, 0.25) is 12.7 Å². The van der Waals surface area contributed by atoms with Crippen LogP contribution in [0.15, 0.2) is 18.2 Å². The lowest BCUT2D eigenvalue weighted by Crippen LogP contribution is -2.52. The zero-order chi connectivity index (χ0) is 21.8. The molecule has 0 unspecified atom stereocenters. The van der Waals surface area contributed by atoms with Crippen molar-refractivity contribution >= 4 is 11.9 Å². The van der Waals surface area contributed by atoms with Crippen molar-refractivity contribution in [2.75, 3.05) is 59.2 Å². The minimum Gasteiger partial charge on any atom is -0.454 e. The molecule has 0 N–H and O–H groups in total. The number of carbonyl (C=O) groups excluding carboxylic acids is 2. The van der Waals surface area contributed by atoms with E-state index in [9.17, 15) is 9.59 Å². The number of nitrogens with zero attached hydrogens (tertiary/aromatic N) is 4. The molecule has 3 amide bonds. The van der Waals surface area contributed by atoms with Crippen molar-refractivity contribution in [2.45, 2.75) is 33.2 Å². The van der Waals surface area contributed by atoms with Crippen molar-refractivity contribution in [3.05, 3.63) is 23.8 Å². The van der Waals surface area contributed by atoms with Gasteiger partial charge in [-0.05, 0) is 44.4 Å². The Labute approximate surface area is 184 Å². The maximum atomic E-state index is 13.0. The van der Waals surface area contributed by atoms with Crippen LogP contribution in [0.25, 0.3) is 0 Å². The van der Waals surface area contributed by atoms with Gasteiger partial charge in [-0.25, -0.2) is 4.79 Å². The molecule has 2 fully saturated rings. The van der Waals surface area contributed by atoms with Gasteiger partial charge in [0.1, 0.15) is 0 Å². The number of urea groups is 1. The minimum atomic E-state index is 0.0427. The summed E-state index contributed by atoms with van der Waals surface area (Å²) < 4.78 is 10.9. The summed E-state index contributed by atoms with van der Waals surface area (Å²) in [6, 6.07) is 6.20. The van der Waals surface area contributed by atoms with Crippen LogP contribution in [-0.2, 0) is 11.3 Å². The zero-order valence-electron chi connectivity index (χ0n) is 18.7. The third-order valence-corrected chi connectivity index (χ3v) is 6.68. The fourth-order valence-corrected chi connectivity index (χ4v) is 4.69. The molecule has 1 aromatic rings. The lowest BCUT2D eigenvalue weighted by Gasteiger charge is -2.39. The summed E-state index contributed by atoms with van der Waals surface area (Å²) in [6.07, 6.45) is 1.53. The third-order valence-electron chi connectivity index (χ3n) is 6.68. The van der Waals surface area contributed by atoms with Crippen LogP contribution < -0.4 is 9.47 Å². The van der Waals surface area contributed by atoms with E-state index in [2.05, 4.69) is 11.0 Å². The second kappa shape index (κ2) is 9.77. The van der Waals surface area contributed by atoms with E-state index in [1.165, 1.54) is 5.56 Å². The summed E-state index contributed by atoms with van der Waals surface area (Å²) in [5.74, 6) is 1.93. The molecule has 31 heavy (non-hydrogen) atoms. The van der Waals surface area contributed by atoms with Gasteiger partial charge in [0, 0.05) is 64.8 Å². The van der Waals surface area contributed by atoms with Crippen molar-refractivity contribution in [3.63, 3.8) is 0 Å². The van der Waals surface area contributed by atoms with E-state index in [4.69, 9.17) is 9.47 Å². The molecule has 170 valence electrons. The van der Waals surface area contributed by atoms with Crippen molar-refractivity contribution in [1.82, 2.24) is 19.6 Å². The second-order valence-electron chi connectivity index (χ2n) is 8.51. The molecule has 0 aromatic heterocycles. The maximum Gasteiger partial charge on any atom is 0.319 e. The normalized spacial score (nSPS) is 19.5. The Morgan fingerprint density at radius 3 is 2.29 bits per heavy atom. The molecule has 3 aliphatic heterocycles. The number of carbonyl (C=O) groups is 2. The predicted molar refractivity (Wildman–Crippen MR) is 117 cm³/mol. The second-order valence-corrected chi connectivity index (χ2v) is 8.51. The number of hydrogen-bond acceptors (Lipinski definition) is 5. The van der Waals surface area contributed by atoms with Gasteiger partial charge in [-0.1, -0.05) is 6.07 Å². The molecule has 0 aliphatic carbocycles. The molecule has 3 aliphatic rings. The quantitative estimate of drug-likeness (QED) is 0.717. The number of benzene rings is 1. The highest BCUT2D eigenvalue weighted by Gasteiger charge is 2.32. The van der Waals surface area contributed by atoms with E-state index in [1.54, 1.807) is 0 Å². The Balaban J connectivity index is 1.22. The summed E-state index contributed by atoms with van der Waals surface area (Å²) in [4.78, 5) is 33.7. The Morgan fingerprint density at radius 2 is 1.61 bits per heavy atom. The van der Waals surface area contributed by atoms with Crippen molar-refractivity contribution in [1.29, 1.82) is 0 Å². The number of hydrogen-bond donors (Lipinski definition) is 0. The monoisotopic (exact) mass is 430 g/mol. The Morgan fingerprint density at radius 1 is 0.935 bits per heavy atom. The van der Waals surface area contributed by atoms with Gasteiger partial charge < -0.3 is 24.2 Å². The SMILES string of the molecule is CCN(CC)C(=O)N1CCC(C(=O)N2CCN(Cc3ccc4c(c3)OCO4)CC2)CC1. The largest absolute Gasteiger partial charge is 0.454 e. The molecule has 1 aromatic carbocycles. The summed E-state index contributed by atoms with van der Waals surface area (Å²) in [6.45, 7) is 11.2. The van der Waals surface area contributed by atoms with Crippen LogP contribution in [0.3, 0.4) is 0 Å². The summed E-state index contributed by atoms with van der Waals surface area (Å²) in [5, 5.41) is 0. The standard InChI is InChI=1S/C23H34N4O4/c1-3-25(4-2)23(29)27-9-7-19(8-10-27)22(28)26-13-11-24(12-14-26)16-18-5-6-20-21(15-18)31-17-30-20/h5-6,15,19H,3-4,7-14,16-17H2,1-2H3. The van der Waals surface area contributed by atoms with E-state index < -0.39 is 0 Å². The van der Waals surface area contributed by atoms with Gasteiger partial charge in [-0.3, -0.25) is 9.69 Å². The highest BCUT2D eigenvalue weighted by molar-refractivity contribution is 5.80. The van der Waals surface area contributed by atoms with Crippen LogP contribution in [0.5, 0.6) is 11.5 Å². The smallest absolute Gasteiger partial charge is 0.319 e. The first-order valence-electron chi connectivity index (χ1n) is 11.5. The van der Waals surface area contributed by atoms with Crippen LogP contribution in [0.1, 0.15) is 32.3 Å². The van der Waals surface area contributed by atoms with Crippen LogP contribution in [-0.4, -0.2) is 90.7 Å². The molecule has 0 spiro atoms. The van der Waals surface area contributed by atoms with E-state index in [0.29, 0.717) is 19.9 Å². The molecule has 8 nitrogen and oxygen atoms in total. The van der Waals surface area contributed by atoms with E-state index in [-0.39, 0.29) is 17.9 Å². The summed E-state index contributed by atoms with van der Waals surface area (Å²) in [7, 11) is 0. The van der Waals surface area contributed by atoms with Crippen LogP contribution in [0, 0.1) is 5.92 Å². The van der Waals surface area contributed by atoms with Gasteiger partial charge in [-0.2, -0.15) is 0 Å². The van der Waals surface area contributed by atoms with Crippen molar-refractivity contribution < 1.29 is 19.1 Å². The van der Waals surface area contributed by atoms with Gasteiger partial charge in [0.15, 0.2) is 11.5 Å². The first kappa shape index (κ1) is 21.7. The number of amides is 3. The van der Waals surface area contributed by atoms with Crippen LogP contribution in [0.4, 0.5) is 4.79 Å². The van der Waals surface area contributed by atoms with Crippen molar-refractivity contribution in [3.8, 4) is 11.5 Å². The van der Waals surface area contributed by atoms with E-state index in [0.717, 1.165) is 70.2 Å². The highest BCUT2D eigenvalue weighted by atomic mass is 16.7. The Kier molecular flexibility index (Phi) is 6.85. The molecule has 0 radical (unpaired) electrons. The zero-order valence-corrected chi connectivity index (χ0v) is 18.7. The van der Waals surface area contributed by atoms with Crippen LogP contribution >= 0.6 is 0 Å². The van der Waals surface area contributed by atoms with Gasteiger partial charge in [0.05, 0.1) is 0 Å². The maximum absolute atomic E-state index is 13.0. The summed E-state index contributed by atoms with van der Waals surface area (Å²) >= 11 is 0. The molecule has 0 bridgehead atoms. The molecule has 4 rings (SSSR count). The average Bonchev–Trinajstić information content (AvgIpc) is 3.28. The van der Waals surface area contributed by atoms with E-state index in [1.807, 2.05) is 40.7 Å². The third kappa shape index (κ3) is 4.89. The number of piperazine rings is 1. The number of ether oxygens (including phenoxy) is 2. The number of likely N-dealkylation sites (tertiary alicyclic amines) is 1. The number of fused-ring (bicyclic) bond motifs is 1. The van der Waals surface area contributed by atoms with Gasteiger partial charge in [-0.15, -0.1) is 0 Å². The molecule has 0 saturated carbocycles. The predicted octanol–water partition coefficient (Wildman–Crippen LogP) is 2.23. The minimum absolute atomic E-state index is 0.0427. The van der Waals surface area contributed by atoms with Crippen LogP contribution in [0.2, 0.25) is 0 Å². The topological polar surface area (TPSA) is 65.6 Å².